The molecule has 1 unspecified atom stereocenters. The van der Waals surface area contributed by atoms with Gasteiger partial charge < -0.3 is 10.2 Å². The first-order valence-electron chi connectivity index (χ1n) is 8.67. The third-order valence-electron chi connectivity index (χ3n) is 4.59. The van der Waals surface area contributed by atoms with E-state index in [-0.39, 0.29) is 6.04 Å². The van der Waals surface area contributed by atoms with Gasteiger partial charge in [-0.1, -0.05) is 42.5 Å². The number of fused-ring (bicyclic) bond motifs is 1. The van der Waals surface area contributed by atoms with Crippen molar-refractivity contribution < 1.29 is 9.78 Å². The second-order valence-corrected chi connectivity index (χ2v) is 6.28. The summed E-state index contributed by atoms with van der Waals surface area (Å²) in [7, 11) is 0. The molecule has 3 aromatic rings. The lowest BCUT2D eigenvalue weighted by Crippen LogP contribution is -2.22. The Bertz CT molecular complexity index is 1050. The van der Waals surface area contributed by atoms with E-state index in [0.29, 0.717) is 12.5 Å². The van der Waals surface area contributed by atoms with Crippen molar-refractivity contribution in [2.24, 2.45) is 4.99 Å². The van der Waals surface area contributed by atoms with Gasteiger partial charge in [0.05, 0.1) is 0 Å². The maximum absolute atomic E-state index is 5.10. The topological polar surface area (TPSA) is 68.6 Å². The molecule has 6 nitrogen and oxygen atoms in total. The van der Waals surface area contributed by atoms with Crippen LogP contribution in [-0.4, -0.2) is 22.4 Å². The Balaban J connectivity index is 1.54. The summed E-state index contributed by atoms with van der Waals surface area (Å²) in [5.41, 5.74) is 5.37. The molecule has 0 amide bonds. The van der Waals surface area contributed by atoms with Crippen molar-refractivity contribution in [3.05, 3.63) is 95.9 Å². The van der Waals surface area contributed by atoms with E-state index >= 15 is 0 Å². The van der Waals surface area contributed by atoms with Gasteiger partial charge in [-0.3, -0.25) is 4.99 Å². The molecule has 0 fully saturated rings. The first-order chi connectivity index (χ1) is 13.4. The smallest absolute Gasteiger partial charge is 0.234 e. The standard InChI is InChI=1S/C21H16N4O2/c1-2-7-18-17(6-1)20(25-21(18)24-19-8-9-26-27-19)15-5-3-4-14(10-15)16-11-22-13-23-12-16/h1-8,10-13,20H,9H2,(H,24,25). The van der Waals surface area contributed by atoms with Crippen LogP contribution in [0.2, 0.25) is 0 Å². The van der Waals surface area contributed by atoms with E-state index in [0.717, 1.165) is 33.7 Å². The molecule has 0 saturated carbocycles. The molecule has 0 spiro atoms. The van der Waals surface area contributed by atoms with Crippen LogP contribution in [0.15, 0.2) is 84.2 Å². The number of rotatable bonds is 3. The Kier molecular flexibility index (Phi) is 3.88. The summed E-state index contributed by atoms with van der Waals surface area (Å²) in [6.07, 6.45) is 7.00. The van der Waals surface area contributed by atoms with Gasteiger partial charge in [-0.05, 0) is 22.8 Å². The van der Waals surface area contributed by atoms with Crippen LogP contribution in [0.4, 0.5) is 0 Å². The quantitative estimate of drug-likeness (QED) is 0.729. The van der Waals surface area contributed by atoms with Crippen molar-refractivity contribution in [1.29, 1.82) is 0 Å². The molecule has 0 aliphatic carbocycles. The molecule has 0 bridgehead atoms. The minimum absolute atomic E-state index is 0.0868. The largest absolute Gasteiger partial charge is 0.319 e. The van der Waals surface area contributed by atoms with Crippen LogP contribution in [0.1, 0.15) is 22.7 Å². The van der Waals surface area contributed by atoms with Gasteiger partial charge in [0.2, 0.25) is 5.88 Å². The molecule has 5 rings (SSSR count). The summed E-state index contributed by atoms with van der Waals surface area (Å²) >= 11 is 0. The number of nitrogens with zero attached hydrogens (tertiary/aromatic N) is 3. The van der Waals surface area contributed by atoms with Crippen LogP contribution in [-0.2, 0) is 9.78 Å². The van der Waals surface area contributed by atoms with Crippen molar-refractivity contribution in [3.8, 4) is 11.1 Å². The van der Waals surface area contributed by atoms with E-state index in [1.165, 1.54) is 6.33 Å². The van der Waals surface area contributed by atoms with Crippen LogP contribution in [0.3, 0.4) is 0 Å². The minimum Gasteiger partial charge on any atom is -0.319 e. The fourth-order valence-corrected chi connectivity index (χ4v) is 3.34. The highest BCUT2D eigenvalue weighted by Crippen LogP contribution is 2.36. The third-order valence-corrected chi connectivity index (χ3v) is 4.59. The summed E-state index contributed by atoms with van der Waals surface area (Å²) in [4.78, 5) is 23.2. The monoisotopic (exact) mass is 356 g/mol. The highest BCUT2D eigenvalue weighted by atomic mass is 17.2. The maximum atomic E-state index is 5.10. The SMILES string of the molecule is C1=C(NC2=NC(c3cccc(-c4cncnc4)c3)c3ccccc32)OOC1. The lowest BCUT2D eigenvalue weighted by atomic mass is 9.95. The van der Waals surface area contributed by atoms with Gasteiger partial charge in [-0.15, -0.1) is 0 Å². The van der Waals surface area contributed by atoms with E-state index in [1.54, 1.807) is 0 Å². The van der Waals surface area contributed by atoms with Gasteiger partial charge in [0.15, 0.2) is 0 Å². The Hall–Kier alpha value is -3.51. The molecule has 2 aliphatic heterocycles. The molecular weight excluding hydrogens is 340 g/mol. The molecule has 2 aliphatic rings. The van der Waals surface area contributed by atoms with Gasteiger partial charge in [-0.25, -0.2) is 9.97 Å². The van der Waals surface area contributed by atoms with Gasteiger partial charge >= 0.3 is 0 Å². The normalized spacial score (nSPS) is 17.7. The Morgan fingerprint density at radius 1 is 0.963 bits per heavy atom. The fourth-order valence-electron chi connectivity index (χ4n) is 3.34. The van der Waals surface area contributed by atoms with E-state index in [1.807, 2.05) is 36.7 Å². The average molecular weight is 356 g/mol. The maximum Gasteiger partial charge on any atom is 0.234 e. The predicted octanol–water partition coefficient (Wildman–Crippen LogP) is 3.39. The summed E-state index contributed by atoms with van der Waals surface area (Å²) in [5.74, 6) is 1.35. The van der Waals surface area contributed by atoms with Crippen molar-refractivity contribution in [2.45, 2.75) is 6.04 Å². The van der Waals surface area contributed by atoms with Crippen LogP contribution in [0, 0.1) is 0 Å². The molecular formula is C21H16N4O2. The van der Waals surface area contributed by atoms with E-state index in [2.05, 4.69) is 45.6 Å². The predicted molar refractivity (Wildman–Crippen MR) is 101 cm³/mol. The highest BCUT2D eigenvalue weighted by Gasteiger charge is 2.27. The number of nitrogens with one attached hydrogen (secondary N) is 1. The highest BCUT2D eigenvalue weighted by molar-refractivity contribution is 6.03. The Morgan fingerprint density at radius 3 is 2.70 bits per heavy atom. The molecule has 0 radical (unpaired) electrons. The summed E-state index contributed by atoms with van der Waals surface area (Å²) in [6, 6.07) is 16.5. The number of hydrogen-bond acceptors (Lipinski definition) is 6. The van der Waals surface area contributed by atoms with Crippen LogP contribution >= 0.6 is 0 Å². The second-order valence-electron chi connectivity index (χ2n) is 6.28. The lowest BCUT2D eigenvalue weighted by Gasteiger charge is -2.11. The first-order valence-corrected chi connectivity index (χ1v) is 8.67. The van der Waals surface area contributed by atoms with E-state index in [9.17, 15) is 0 Å². The summed E-state index contributed by atoms with van der Waals surface area (Å²) in [5, 5.41) is 3.22. The summed E-state index contributed by atoms with van der Waals surface area (Å²) in [6.45, 7) is 0.432. The lowest BCUT2D eigenvalue weighted by molar-refractivity contribution is -0.236. The third kappa shape index (κ3) is 2.96. The number of amidine groups is 1. The molecule has 1 atom stereocenters. The fraction of sp³-hybridized carbons (Fsp3) is 0.0952. The van der Waals surface area contributed by atoms with Crippen molar-refractivity contribution in [1.82, 2.24) is 15.3 Å². The van der Waals surface area contributed by atoms with Crippen LogP contribution in [0.5, 0.6) is 0 Å². The minimum atomic E-state index is -0.0868. The second kappa shape index (κ2) is 6.66. The zero-order chi connectivity index (χ0) is 18.1. The zero-order valence-electron chi connectivity index (χ0n) is 14.4. The van der Waals surface area contributed by atoms with Crippen LogP contribution in [0.25, 0.3) is 11.1 Å². The number of aliphatic imine (C=N–C) groups is 1. The zero-order valence-corrected chi connectivity index (χ0v) is 14.4. The van der Waals surface area contributed by atoms with Gasteiger partial charge in [0.25, 0.3) is 0 Å². The average Bonchev–Trinajstić information content (AvgIpc) is 3.38. The van der Waals surface area contributed by atoms with Gasteiger partial charge in [-0.2, -0.15) is 4.89 Å². The molecule has 1 aromatic heterocycles. The van der Waals surface area contributed by atoms with Crippen molar-refractivity contribution >= 4 is 5.84 Å². The molecule has 1 N–H and O–H groups in total. The number of benzene rings is 2. The van der Waals surface area contributed by atoms with Crippen molar-refractivity contribution in [3.63, 3.8) is 0 Å². The molecule has 27 heavy (non-hydrogen) atoms. The number of hydrogen-bond donors (Lipinski definition) is 1. The molecule has 3 heterocycles. The van der Waals surface area contributed by atoms with Crippen molar-refractivity contribution in [2.75, 3.05) is 6.61 Å². The Morgan fingerprint density at radius 2 is 1.85 bits per heavy atom. The Labute approximate surface area is 156 Å². The van der Waals surface area contributed by atoms with E-state index in [4.69, 9.17) is 14.8 Å². The van der Waals surface area contributed by atoms with Crippen LogP contribution < -0.4 is 5.32 Å². The molecule has 2 aromatic carbocycles. The number of aromatic nitrogens is 2. The van der Waals surface area contributed by atoms with E-state index < -0.39 is 0 Å². The molecule has 6 heteroatoms. The summed E-state index contributed by atoms with van der Waals surface area (Å²) < 4.78 is 0. The van der Waals surface area contributed by atoms with Gasteiger partial charge in [0.1, 0.15) is 24.8 Å². The molecule has 132 valence electrons. The first kappa shape index (κ1) is 15.7. The molecule has 0 saturated heterocycles. The van der Waals surface area contributed by atoms with Gasteiger partial charge in [0, 0.05) is 29.6 Å².